The van der Waals surface area contributed by atoms with E-state index in [-0.39, 0.29) is 0 Å². The summed E-state index contributed by atoms with van der Waals surface area (Å²) in [4.78, 5) is 6.35. The maximum atomic E-state index is 5.36. The molecule has 0 spiro atoms. The monoisotopic (exact) mass is 265 g/mol. The van der Waals surface area contributed by atoms with Crippen LogP contribution in [0.3, 0.4) is 0 Å². The van der Waals surface area contributed by atoms with E-state index in [0.717, 1.165) is 23.7 Å². The van der Waals surface area contributed by atoms with E-state index in [1.165, 1.54) is 6.42 Å². The maximum absolute atomic E-state index is 5.36. The predicted octanol–water partition coefficient (Wildman–Crippen LogP) is 3.39. The van der Waals surface area contributed by atoms with Crippen molar-refractivity contribution in [1.29, 1.82) is 0 Å². The van der Waals surface area contributed by atoms with Crippen LogP contribution in [0.5, 0.6) is 5.88 Å². The normalized spacial score (nSPS) is 12.4. The van der Waals surface area contributed by atoms with Gasteiger partial charge in [-0.2, -0.15) is 0 Å². The van der Waals surface area contributed by atoms with Crippen LogP contribution < -0.4 is 15.0 Å². The second-order valence-corrected chi connectivity index (χ2v) is 5.63. The fourth-order valence-corrected chi connectivity index (χ4v) is 2.00. The molecule has 0 fully saturated rings. The largest absolute Gasteiger partial charge is 0.479 e. The molecule has 1 aromatic heterocycles. The number of nitrogens with one attached hydrogen (secondary N) is 1. The first-order valence-corrected chi connectivity index (χ1v) is 6.92. The summed E-state index contributed by atoms with van der Waals surface area (Å²) < 4.78 is 5.36. The van der Waals surface area contributed by atoms with E-state index in [1.807, 2.05) is 20.2 Å². The lowest BCUT2D eigenvalue weighted by molar-refractivity contribution is 0.399. The summed E-state index contributed by atoms with van der Waals surface area (Å²) >= 11 is 0. The molecule has 0 aliphatic carbocycles. The minimum absolute atomic E-state index is 0.402. The first kappa shape index (κ1) is 15.6. The van der Waals surface area contributed by atoms with Gasteiger partial charge in [0.15, 0.2) is 0 Å². The molecule has 0 aromatic carbocycles. The van der Waals surface area contributed by atoms with Crippen molar-refractivity contribution >= 4 is 11.4 Å². The van der Waals surface area contributed by atoms with Crippen LogP contribution >= 0.6 is 0 Å². The van der Waals surface area contributed by atoms with E-state index in [0.29, 0.717) is 11.9 Å². The quantitative estimate of drug-likeness (QED) is 0.820. The fourth-order valence-electron chi connectivity index (χ4n) is 2.00. The number of methoxy groups -OCH3 is 1. The van der Waals surface area contributed by atoms with Crippen molar-refractivity contribution in [3.8, 4) is 5.88 Å². The van der Waals surface area contributed by atoms with Crippen LogP contribution in [0.25, 0.3) is 0 Å². The molecule has 0 amide bonds. The Kier molecular flexibility index (Phi) is 5.93. The Morgan fingerprint density at radius 2 is 1.95 bits per heavy atom. The zero-order chi connectivity index (χ0) is 14.4. The van der Waals surface area contributed by atoms with Crippen molar-refractivity contribution < 1.29 is 4.74 Å². The molecule has 0 aliphatic rings. The lowest BCUT2D eigenvalue weighted by atomic mass is 10.0. The van der Waals surface area contributed by atoms with Crippen molar-refractivity contribution in [1.82, 2.24) is 4.98 Å². The highest BCUT2D eigenvalue weighted by atomic mass is 16.5. The molecule has 1 heterocycles. The Labute approximate surface area is 117 Å². The molecule has 1 unspecified atom stereocenters. The predicted molar refractivity (Wildman–Crippen MR) is 82.3 cm³/mol. The standard InChI is InChI=1S/C15H27N3O/c1-11(2)7-8-12(3)17-14-13(18(4)5)9-10-16-15(14)19-6/h9-12,17H,7-8H2,1-6H3. The number of nitrogens with zero attached hydrogens (tertiary/aromatic N) is 2. The number of rotatable bonds is 7. The van der Waals surface area contributed by atoms with Crippen LogP contribution in [0.1, 0.15) is 33.6 Å². The average Bonchev–Trinajstić information content (AvgIpc) is 2.36. The molecule has 4 heteroatoms. The molecule has 0 bridgehead atoms. The van der Waals surface area contributed by atoms with E-state index < -0.39 is 0 Å². The summed E-state index contributed by atoms with van der Waals surface area (Å²) in [5, 5.41) is 3.54. The Morgan fingerprint density at radius 1 is 1.26 bits per heavy atom. The van der Waals surface area contributed by atoms with Gasteiger partial charge in [0, 0.05) is 26.3 Å². The zero-order valence-electron chi connectivity index (χ0n) is 13.0. The molecule has 1 aromatic rings. The van der Waals surface area contributed by atoms with E-state index >= 15 is 0 Å². The molecule has 1 N–H and O–H groups in total. The third-order valence-corrected chi connectivity index (χ3v) is 3.14. The van der Waals surface area contributed by atoms with Crippen LogP contribution in [0.4, 0.5) is 11.4 Å². The van der Waals surface area contributed by atoms with Crippen molar-refractivity contribution in [3.63, 3.8) is 0 Å². The minimum atomic E-state index is 0.402. The van der Waals surface area contributed by atoms with Crippen LogP contribution in [0.2, 0.25) is 0 Å². The number of aromatic nitrogens is 1. The van der Waals surface area contributed by atoms with Gasteiger partial charge in [-0.05, 0) is 31.7 Å². The van der Waals surface area contributed by atoms with Gasteiger partial charge in [-0.1, -0.05) is 13.8 Å². The Hall–Kier alpha value is -1.45. The second kappa shape index (κ2) is 7.22. The van der Waals surface area contributed by atoms with Crippen LogP contribution in [-0.2, 0) is 0 Å². The van der Waals surface area contributed by atoms with E-state index in [1.54, 1.807) is 13.3 Å². The van der Waals surface area contributed by atoms with Gasteiger partial charge in [-0.25, -0.2) is 4.98 Å². The molecule has 4 nitrogen and oxygen atoms in total. The summed E-state index contributed by atoms with van der Waals surface area (Å²) in [6.07, 6.45) is 4.13. The van der Waals surface area contributed by atoms with Crippen LogP contribution in [0.15, 0.2) is 12.3 Å². The highest BCUT2D eigenvalue weighted by Gasteiger charge is 2.14. The van der Waals surface area contributed by atoms with Gasteiger partial charge in [-0.3, -0.25) is 0 Å². The van der Waals surface area contributed by atoms with Crippen molar-refractivity contribution in [3.05, 3.63) is 12.3 Å². The Bertz CT molecular complexity index is 391. The second-order valence-electron chi connectivity index (χ2n) is 5.63. The maximum Gasteiger partial charge on any atom is 0.239 e. The minimum Gasteiger partial charge on any atom is -0.479 e. The molecular formula is C15H27N3O. The van der Waals surface area contributed by atoms with Crippen molar-refractivity contribution in [2.45, 2.75) is 39.7 Å². The topological polar surface area (TPSA) is 37.4 Å². The number of pyridine rings is 1. The third kappa shape index (κ3) is 4.62. The highest BCUT2D eigenvalue weighted by molar-refractivity contribution is 5.74. The number of hydrogen-bond donors (Lipinski definition) is 1. The van der Waals surface area contributed by atoms with Gasteiger partial charge in [0.25, 0.3) is 0 Å². The first-order chi connectivity index (χ1) is 8.95. The third-order valence-electron chi connectivity index (χ3n) is 3.14. The van der Waals surface area contributed by atoms with E-state index in [4.69, 9.17) is 4.74 Å². The average molecular weight is 265 g/mol. The lowest BCUT2D eigenvalue weighted by Crippen LogP contribution is -2.20. The first-order valence-electron chi connectivity index (χ1n) is 6.92. The molecule has 19 heavy (non-hydrogen) atoms. The fraction of sp³-hybridized carbons (Fsp3) is 0.667. The smallest absolute Gasteiger partial charge is 0.239 e. The molecule has 0 aliphatic heterocycles. The molecule has 1 rings (SSSR count). The van der Waals surface area contributed by atoms with Crippen LogP contribution in [-0.4, -0.2) is 32.2 Å². The van der Waals surface area contributed by atoms with E-state index in [2.05, 4.69) is 36.0 Å². The molecule has 0 saturated carbocycles. The summed E-state index contributed by atoms with van der Waals surface area (Å²) in [7, 11) is 5.71. The van der Waals surface area contributed by atoms with Crippen molar-refractivity contribution in [2.75, 3.05) is 31.4 Å². The summed E-state index contributed by atoms with van der Waals surface area (Å²) in [5.41, 5.74) is 2.08. The van der Waals surface area contributed by atoms with Gasteiger partial charge in [-0.15, -0.1) is 0 Å². The van der Waals surface area contributed by atoms with Gasteiger partial charge >= 0.3 is 0 Å². The Balaban J connectivity index is 2.85. The van der Waals surface area contributed by atoms with Gasteiger partial charge in [0.05, 0.1) is 12.8 Å². The number of hydrogen-bond acceptors (Lipinski definition) is 4. The van der Waals surface area contributed by atoms with Gasteiger partial charge in [0.2, 0.25) is 5.88 Å². The highest BCUT2D eigenvalue weighted by Crippen LogP contribution is 2.33. The molecule has 0 radical (unpaired) electrons. The van der Waals surface area contributed by atoms with Crippen LogP contribution in [0, 0.1) is 5.92 Å². The SMILES string of the molecule is COc1nccc(N(C)C)c1NC(C)CCC(C)C. The summed E-state index contributed by atoms with van der Waals surface area (Å²) in [5.74, 6) is 1.39. The van der Waals surface area contributed by atoms with Gasteiger partial charge < -0.3 is 15.0 Å². The molecule has 108 valence electrons. The molecular weight excluding hydrogens is 238 g/mol. The number of anilines is 2. The Morgan fingerprint density at radius 3 is 2.47 bits per heavy atom. The lowest BCUT2D eigenvalue weighted by Gasteiger charge is -2.23. The van der Waals surface area contributed by atoms with E-state index in [9.17, 15) is 0 Å². The van der Waals surface area contributed by atoms with Crippen molar-refractivity contribution in [2.24, 2.45) is 5.92 Å². The molecule has 1 atom stereocenters. The molecule has 0 saturated heterocycles. The summed E-state index contributed by atoms with van der Waals surface area (Å²) in [6, 6.07) is 2.40. The number of ether oxygens (including phenoxy) is 1. The zero-order valence-corrected chi connectivity index (χ0v) is 13.0. The van der Waals surface area contributed by atoms with Gasteiger partial charge in [0.1, 0.15) is 5.69 Å². The summed E-state index contributed by atoms with van der Waals surface area (Å²) in [6.45, 7) is 6.71.